The molecule has 0 bridgehead atoms. The smallest absolute Gasteiger partial charge is 0.433 e. The molecule has 2 aromatic heterocycles. The summed E-state index contributed by atoms with van der Waals surface area (Å²) >= 11 is 0. The predicted molar refractivity (Wildman–Crippen MR) is 148 cm³/mol. The molecule has 1 aromatic carbocycles. The SMILES string of the molecule is CN1CCN(c2c(F)nc(C=Cc3ccc([N+](=O)[O-])o3)nc2NOCC2Nc3cc(O)c(O)cc3NC2C(=O)O)CC1. The van der Waals surface area contributed by atoms with Gasteiger partial charge >= 0.3 is 11.9 Å². The van der Waals surface area contributed by atoms with E-state index in [4.69, 9.17) is 9.25 Å². The van der Waals surface area contributed by atoms with Crippen molar-refractivity contribution in [1.82, 2.24) is 14.9 Å². The van der Waals surface area contributed by atoms with Crippen LogP contribution in [-0.2, 0) is 9.63 Å². The fraction of sp³-hybridized carbons (Fsp3) is 0.320. The minimum atomic E-state index is -1.20. The van der Waals surface area contributed by atoms with Crippen LogP contribution in [0.15, 0.2) is 28.7 Å². The summed E-state index contributed by atoms with van der Waals surface area (Å²) in [5.41, 5.74) is 3.30. The van der Waals surface area contributed by atoms with Gasteiger partial charge in [0.25, 0.3) is 0 Å². The number of phenols is 2. The van der Waals surface area contributed by atoms with Gasteiger partial charge in [0, 0.05) is 38.3 Å². The fourth-order valence-corrected chi connectivity index (χ4v) is 4.52. The lowest BCUT2D eigenvalue weighted by Gasteiger charge is -2.35. The summed E-state index contributed by atoms with van der Waals surface area (Å²) in [6.45, 7) is 2.05. The highest BCUT2D eigenvalue weighted by Crippen LogP contribution is 2.38. The molecular formula is C25H27FN8O8. The number of benzene rings is 1. The summed E-state index contributed by atoms with van der Waals surface area (Å²) < 4.78 is 20.5. The molecule has 2 unspecified atom stereocenters. The number of hydrogen-bond donors (Lipinski definition) is 6. The van der Waals surface area contributed by atoms with Gasteiger partial charge in [-0.2, -0.15) is 9.37 Å². The highest BCUT2D eigenvalue weighted by molar-refractivity contribution is 5.86. The summed E-state index contributed by atoms with van der Waals surface area (Å²) in [4.78, 5) is 39.9. The van der Waals surface area contributed by atoms with Crippen LogP contribution in [0, 0.1) is 16.1 Å². The van der Waals surface area contributed by atoms with Crippen molar-refractivity contribution < 1.29 is 38.7 Å². The van der Waals surface area contributed by atoms with E-state index in [-0.39, 0.29) is 35.4 Å². The molecular weight excluding hydrogens is 559 g/mol. The second-order valence-electron chi connectivity index (χ2n) is 9.64. The first kappa shape index (κ1) is 28.4. The molecule has 1 fully saturated rings. The van der Waals surface area contributed by atoms with Crippen LogP contribution in [0.25, 0.3) is 12.2 Å². The van der Waals surface area contributed by atoms with Gasteiger partial charge in [-0.05, 0) is 25.3 Å². The molecule has 0 amide bonds. The number of phenolic OH excluding ortho intramolecular Hbond substituents is 2. The number of furan rings is 1. The van der Waals surface area contributed by atoms with Gasteiger partial charge in [0.15, 0.2) is 23.1 Å². The van der Waals surface area contributed by atoms with Gasteiger partial charge in [-0.15, -0.1) is 0 Å². The van der Waals surface area contributed by atoms with Gasteiger partial charge in [-0.25, -0.2) is 15.3 Å². The topological polar surface area (TPSA) is 212 Å². The van der Waals surface area contributed by atoms with Crippen molar-refractivity contribution in [3.8, 4) is 11.5 Å². The van der Waals surface area contributed by atoms with E-state index in [0.717, 1.165) is 0 Å². The Labute approximate surface area is 237 Å². The van der Waals surface area contributed by atoms with E-state index in [1.165, 1.54) is 36.4 Å². The molecule has 3 aromatic rings. The van der Waals surface area contributed by atoms with E-state index in [1.807, 2.05) is 7.05 Å². The van der Waals surface area contributed by atoms with Crippen molar-refractivity contribution in [2.45, 2.75) is 12.1 Å². The number of carbonyl (C=O) groups is 1. The van der Waals surface area contributed by atoms with Crippen LogP contribution in [0.4, 0.5) is 33.2 Å². The number of rotatable bonds is 9. The number of fused-ring (bicyclic) bond motifs is 1. The number of aromatic hydroxyl groups is 2. The first-order valence-corrected chi connectivity index (χ1v) is 12.7. The number of nitrogens with zero attached hydrogens (tertiary/aromatic N) is 5. The van der Waals surface area contributed by atoms with Crippen LogP contribution in [0.1, 0.15) is 11.6 Å². The number of nitrogens with one attached hydrogen (secondary N) is 3. The molecule has 5 rings (SSSR count). The molecule has 42 heavy (non-hydrogen) atoms. The number of piperazine rings is 1. The molecule has 2 aliphatic heterocycles. The van der Waals surface area contributed by atoms with Gasteiger partial charge in [0.1, 0.15) is 22.4 Å². The summed E-state index contributed by atoms with van der Waals surface area (Å²) in [5, 5.41) is 46.0. The quantitative estimate of drug-likeness (QED) is 0.0697. The van der Waals surface area contributed by atoms with Gasteiger partial charge in [0.05, 0.1) is 30.1 Å². The van der Waals surface area contributed by atoms with Gasteiger partial charge in [0.2, 0.25) is 5.95 Å². The average molecular weight is 587 g/mol. The molecule has 2 atom stereocenters. The average Bonchev–Trinajstić information content (AvgIpc) is 3.43. The molecule has 0 spiro atoms. The Morgan fingerprint density at radius 3 is 2.52 bits per heavy atom. The van der Waals surface area contributed by atoms with Crippen molar-refractivity contribution in [2.24, 2.45) is 0 Å². The van der Waals surface area contributed by atoms with E-state index in [2.05, 4.69) is 31.0 Å². The standard InChI is InChI=1S/C25H27FN8O8/c1-32-6-8-33(9-7-32)22-23(26)29-19(4-2-13-3-5-20(42-13)34(39)40)30-24(22)31-41-12-16-21(25(37)38)28-15-11-18(36)17(35)10-14(15)27-16/h2-5,10-11,16,21,27-28,35-36H,6-9,12H2,1H3,(H,37,38)(H,29,30,31). The second-order valence-corrected chi connectivity index (χ2v) is 9.64. The van der Waals surface area contributed by atoms with Crippen LogP contribution < -0.4 is 21.0 Å². The normalized spacial score (nSPS) is 18.8. The number of halogens is 1. The summed E-state index contributed by atoms with van der Waals surface area (Å²) in [5.74, 6) is -3.27. The Kier molecular flexibility index (Phi) is 7.94. The third-order valence-electron chi connectivity index (χ3n) is 6.73. The highest BCUT2D eigenvalue weighted by atomic mass is 19.1. The van der Waals surface area contributed by atoms with Crippen LogP contribution >= 0.6 is 0 Å². The largest absolute Gasteiger partial charge is 0.504 e. The molecule has 0 radical (unpaired) electrons. The van der Waals surface area contributed by atoms with Crippen LogP contribution in [0.2, 0.25) is 0 Å². The number of aliphatic carboxylic acids is 1. The van der Waals surface area contributed by atoms with Crippen molar-refractivity contribution in [1.29, 1.82) is 0 Å². The molecule has 0 saturated carbocycles. The summed E-state index contributed by atoms with van der Waals surface area (Å²) in [6, 6.07) is 2.95. The zero-order valence-corrected chi connectivity index (χ0v) is 22.2. The summed E-state index contributed by atoms with van der Waals surface area (Å²) in [7, 11) is 1.95. The Morgan fingerprint density at radius 2 is 1.88 bits per heavy atom. The maximum Gasteiger partial charge on any atom is 0.433 e. The molecule has 16 nitrogen and oxygen atoms in total. The second kappa shape index (κ2) is 11.8. The number of anilines is 4. The van der Waals surface area contributed by atoms with E-state index in [1.54, 1.807) is 4.90 Å². The minimum absolute atomic E-state index is 0.0178. The van der Waals surface area contributed by atoms with E-state index < -0.39 is 46.3 Å². The Balaban J connectivity index is 1.37. The maximum absolute atomic E-state index is 15.4. The molecule has 222 valence electrons. The predicted octanol–water partition coefficient (Wildman–Crippen LogP) is 2.15. The van der Waals surface area contributed by atoms with Crippen LogP contribution in [0.5, 0.6) is 11.5 Å². The van der Waals surface area contributed by atoms with Gasteiger partial charge in [-0.3, -0.25) is 15.0 Å². The third-order valence-corrected chi connectivity index (χ3v) is 6.73. The summed E-state index contributed by atoms with van der Waals surface area (Å²) in [6.07, 6.45) is 2.66. The molecule has 0 aliphatic carbocycles. The first-order chi connectivity index (χ1) is 20.1. The van der Waals surface area contributed by atoms with Crippen molar-refractivity contribution in [3.63, 3.8) is 0 Å². The molecule has 1 saturated heterocycles. The zero-order valence-electron chi connectivity index (χ0n) is 22.2. The highest BCUT2D eigenvalue weighted by Gasteiger charge is 2.34. The number of carboxylic acids is 1. The lowest BCUT2D eigenvalue weighted by Crippen LogP contribution is -2.50. The van der Waals surface area contributed by atoms with E-state index >= 15 is 4.39 Å². The number of aromatic nitrogens is 2. The zero-order chi connectivity index (χ0) is 30.0. The molecule has 4 heterocycles. The van der Waals surface area contributed by atoms with Crippen molar-refractivity contribution in [3.05, 3.63) is 51.9 Å². The Bertz CT molecular complexity index is 1520. The first-order valence-electron chi connectivity index (χ1n) is 12.7. The van der Waals surface area contributed by atoms with E-state index in [0.29, 0.717) is 31.9 Å². The van der Waals surface area contributed by atoms with Crippen LogP contribution in [-0.4, -0.2) is 93.0 Å². The molecule has 6 N–H and O–H groups in total. The van der Waals surface area contributed by atoms with Crippen LogP contribution in [0.3, 0.4) is 0 Å². The lowest BCUT2D eigenvalue weighted by atomic mass is 10.0. The Morgan fingerprint density at radius 1 is 1.19 bits per heavy atom. The Hall–Kier alpha value is -5.16. The van der Waals surface area contributed by atoms with Crippen molar-refractivity contribution >= 4 is 46.9 Å². The number of hydrogen-bond acceptors (Lipinski definition) is 14. The minimum Gasteiger partial charge on any atom is -0.504 e. The van der Waals surface area contributed by atoms with Gasteiger partial charge in [-0.1, -0.05) is 0 Å². The number of carboxylic acid groups (broad SMARTS) is 1. The fourth-order valence-electron chi connectivity index (χ4n) is 4.52. The van der Waals surface area contributed by atoms with Gasteiger partial charge < -0.3 is 40.2 Å². The number of likely N-dealkylation sites (N-methyl/N-ethyl adjacent to an activating group) is 1. The lowest BCUT2D eigenvalue weighted by molar-refractivity contribution is -0.402. The molecule has 17 heteroatoms. The monoisotopic (exact) mass is 586 g/mol. The number of nitro groups is 1. The van der Waals surface area contributed by atoms with Crippen molar-refractivity contribution in [2.75, 3.05) is 60.8 Å². The van der Waals surface area contributed by atoms with E-state index in [9.17, 15) is 30.2 Å². The third kappa shape index (κ3) is 6.11. The molecule has 2 aliphatic rings. The maximum atomic E-state index is 15.4.